The van der Waals surface area contributed by atoms with Crippen LogP contribution in [0.1, 0.15) is 31.3 Å². The van der Waals surface area contributed by atoms with Crippen LogP contribution in [0.3, 0.4) is 0 Å². The fourth-order valence-corrected chi connectivity index (χ4v) is 5.17. The number of para-hydroxylation sites is 1. The summed E-state index contributed by atoms with van der Waals surface area (Å²) >= 11 is 0. The van der Waals surface area contributed by atoms with Gasteiger partial charge >= 0.3 is 0 Å². The molecule has 0 aliphatic rings. The number of pyridine rings is 1. The minimum absolute atomic E-state index is 0.182. The summed E-state index contributed by atoms with van der Waals surface area (Å²) in [6.45, 7) is 6.25. The first-order valence-corrected chi connectivity index (χ1v) is 12.7. The molecule has 0 N–H and O–H groups in total. The molecule has 0 unspecified atom stereocenters. The van der Waals surface area contributed by atoms with Gasteiger partial charge in [0.15, 0.2) is 0 Å². The van der Waals surface area contributed by atoms with Gasteiger partial charge in [-0.15, -0.1) is 0 Å². The lowest BCUT2D eigenvalue weighted by atomic mass is 9.97. The summed E-state index contributed by atoms with van der Waals surface area (Å²) < 4.78 is 6.35. The predicted molar refractivity (Wildman–Crippen MR) is 152 cm³/mol. The standard InChI is InChI=1S/C33H25N3O/c1-19(2)32-35-29-24-16-13-22(21-8-5-4-6-9-21)18-23(24)14-17-27(29)30(36-32)28-11-7-10-25-26-15-12-20(3)34-33(26)37-31(25)28/h4-19H,1-3H3. The number of hydrogen-bond donors (Lipinski definition) is 0. The summed E-state index contributed by atoms with van der Waals surface area (Å²) in [4.78, 5) is 14.8. The van der Waals surface area contributed by atoms with Crippen molar-refractivity contribution in [1.82, 2.24) is 15.0 Å². The van der Waals surface area contributed by atoms with Gasteiger partial charge in [0.05, 0.1) is 11.2 Å². The van der Waals surface area contributed by atoms with Gasteiger partial charge in [0.2, 0.25) is 5.71 Å². The molecule has 0 saturated heterocycles. The molecule has 4 nitrogen and oxygen atoms in total. The highest BCUT2D eigenvalue weighted by Gasteiger charge is 2.19. The van der Waals surface area contributed by atoms with E-state index < -0.39 is 0 Å². The molecule has 0 atom stereocenters. The molecule has 0 bridgehead atoms. The van der Waals surface area contributed by atoms with Crippen molar-refractivity contribution < 1.29 is 4.42 Å². The van der Waals surface area contributed by atoms with Crippen LogP contribution >= 0.6 is 0 Å². The van der Waals surface area contributed by atoms with E-state index in [1.165, 1.54) is 11.1 Å². The highest BCUT2D eigenvalue weighted by molar-refractivity contribution is 6.14. The van der Waals surface area contributed by atoms with Crippen LogP contribution in [0.2, 0.25) is 0 Å². The lowest BCUT2D eigenvalue weighted by molar-refractivity contribution is 0.653. The summed E-state index contributed by atoms with van der Waals surface area (Å²) in [5, 5.41) is 5.36. The zero-order chi connectivity index (χ0) is 25.1. The van der Waals surface area contributed by atoms with Gasteiger partial charge in [0.1, 0.15) is 11.4 Å². The molecule has 0 fully saturated rings. The van der Waals surface area contributed by atoms with Gasteiger partial charge in [-0.25, -0.2) is 15.0 Å². The second-order valence-electron chi connectivity index (χ2n) is 9.94. The number of fused-ring (bicyclic) bond motifs is 6. The first-order valence-electron chi connectivity index (χ1n) is 12.7. The molecule has 0 aliphatic carbocycles. The van der Waals surface area contributed by atoms with E-state index in [4.69, 9.17) is 14.4 Å². The van der Waals surface area contributed by atoms with E-state index in [2.05, 4.69) is 97.7 Å². The summed E-state index contributed by atoms with van der Waals surface area (Å²) in [6, 6.07) is 31.8. The number of nitrogens with zero attached hydrogens (tertiary/aromatic N) is 3. The number of aromatic nitrogens is 3. The molecule has 0 saturated carbocycles. The average molecular weight is 480 g/mol. The summed E-state index contributed by atoms with van der Waals surface area (Å²) in [7, 11) is 0. The van der Waals surface area contributed by atoms with Crippen molar-refractivity contribution in [3.63, 3.8) is 0 Å². The quantitative estimate of drug-likeness (QED) is 0.238. The first kappa shape index (κ1) is 21.7. The van der Waals surface area contributed by atoms with E-state index in [-0.39, 0.29) is 5.92 Å². The fourth-order valence-electron chi connectivity index (χ4n) is 5.17. The van der Waals surface area contributed by atoms with E-state index >= 15 is 0 Å². The van der Waals surface area contributed by atoms with E-state index in [0.29, 0.717) is 5.71 Å². The maximum atomic E-state index is 6.35. The number of aryl methyl sites for hydroxylation is 1. The van der Waals surface area contributed by atoms with E-state index in [9.17, 15) is 0 Å². The third kappa shape index (κ3) is 3.48. The Bertz CT molecular complexity index is 1970. The summed E-state index contributed by atoms with van der Waals surface area (Å²) in [5.74, 6) is 1.01. The molecule has 3 aromatic heterocycles. The minimum atomic E-state index is 0.182. The third-order valence-corrected chi connectivity index (χ3v) is 7.08. The van der Waals surface area contributed by atoms with Gasteiger partial charge < -0.3 is 4.42 Å². The molecule has 178 valence electrons. The van der Waals surface area contributed by atoms with Crippen molar-refractivity contribution in [1.29, 1.82) is 0 Å². The number of furan rings is 1. The molecule has 37 heavy (non-hydrogen) atoms. The molecule has 0 amide bonds. The Morgan fingerprint density at radius 3 is 2.30 bits per heavy atom. The molecule has 0 spiro atoms. The Hall–Kier alpha value is -4.57. The largest absolute Gasteiger partial charge is 0.437 e. The zero-order valence-corrected chi connectivity index (χ0v) is 21.0. The van der Waals surface area contributed by atoms with Crippen molar-refractivity contribution in [3.8, 4) is 22.4 Å². The second kappa shape index (κ2) is 8.24. The third-order valence-electron chi connectivity index (χ3n) is 7.08. The first-order chi connectivity index (χ1) is 18.1. The molecule has 7 rings (SSSR count). The highest BCUT2D eigenvalue weighted by Crippen LogP contribution is 2.39. The second-order valence-corrected chi connectivity index (χ2v) is 9.94. The van der Waals surface area contributed by atoms with Gasteiger partial charge in [0.25, 0.3) is 0 Å². The SMILES string of the molecule is Cc1ccc2c(n1)oc1c(-c3nc(C(C)C)nc4c3ccc3cc(-c5ccccc5)ccc34)cccc12. The summed E-state index contributed by atoms with van der Waals surface area (Å²) in [5.41, 5.74) is 7.62. The van der Waals surface area contributed by atoms with Gasteiger partial charge in [-0.2, -0.15) is 0 Å². The van der Waals surface area contributed by atoms with Crippen LogP contribution in [0.25, 0.3) is 66.1 Å². The molecule has 0 aliphatic heterocycles. The molecular weight excluding hydrogens is 454 g/mol. The molecule has 3 heterocycles. The van der Waals surface area contributed by atoms with Crippen LogP contribution in [0, 0.1) is 6.92 Å². The van der Waals surface area contributed by atoms with E-state index in [1.807, 2.05) is 19.1 Å². The Kier molecular flexibility index (Phi) is 4.83. The number of benzene rings is 4. The molecule has 4 heteroatoms. The Balaban J connectivity index is 1.52. The minimum Gasteiger partial charge on any atom is -0.437 e. The van der Waals surface area contributed by atoms with Crippen molar-refractivity contribution in [2.75, 3.05) is 0 Å². The van der Waals surface area contributed by atoms with Crippen molar-refractivity contribution in [2.45, 2.75) is 26.7 Å². The fraction of sp³-hybridized carbons (Fsp3) is 0.121. The topological polar surface area (TPSA) is 51.8 Å². The van der Waals surface area contributed by atoms with Gasteiger partial charge in [0, 0.05) is 38.7 Å². The van der Waals surface area contributed by atoms with Crippen molar-refractivity contribution in [3.05, 3.63) is 103 Å². The number of hydrogen-bond acceptors (Lipinski definition) is 4. The predicted octanol–water partition coefficient (Wildman–Crippen LogP) is 8.84. The van der Waals surface area contributed by atoms with Crippen LogP contribution in [0.15, 0.2) is 95.4 Å². The Morgan fingerprint density at radius 2 is 1.46 bits per heavy atom. The zero-order valence-electron chi connectivity index (χ0n) is 21.0. The number of rotatable bonds is 3. The van der Waals surface area contributed by atoms with E-state index in [0.717, 1.165) is 60.8 Å². The van der Waals surface area contributed by atoms with E-state index in [1.54, 1.807) is 0 Å². The van der Waals surface area contributed by atoms with Crippen LogP contribution in [0.5, 0.6) is 0 Å². The van der Waals surface area contributed by atoms with Crippen LogP contribution in [-0.4, -0.2) is 15.0 Å². The normalized spacial score (nSPS) is 11.9. The lowest BCUT2D eigenvalue weighted by Gasteiger charge is -2.13. The Morgan fingerprint density at radius 1 is 0.649 bits per heavy atom. The van der Waals surface area contributed by atoms with Crippen LogP contribution in [0.4, 0.5) is 0 Å². The van der Waals surface area contributed by atoms with Crippen molar-refractivity contribution in [2.24, 2.45) is 0 Å². The maximum Gasteiger partial charge on any atom is 0.227 e. The Labute approximate surface area is 214 Å². The monoisotopic (exact) mass is 479 g/mol. The van der Waals surface area contributed by atoms with Gasteiger partial charge in [-0.05, 0) is 53.8 Å². The molecular formula is C33H25N3O. The maximum absolute atomic E-state index is 6.35. The van der Waals surface area contributed by atoms with Crippen LogP contribution in [-0.2, 0) is 0 Å². The highest BCUT2D eigenvalue weighted by atomic mass is 16.3. The molecule has 4 aromatic carbocycles. The lowest BCUT2D eigenvalue weighted by Crippen LogP contribution is -2.01. The van der Waals surface area contributed by atoms with Crippen molar-refractivity contribution >= 4 is 43.7 Å². The average Bonchev–Trinajstić information content (AvgIpc) is 3.30. The molecule has 7 aromatic rings. The summed E-state index contributed by atoms with van der Waals surface area (Å²) in [6.07, 6.45) is 0. The van der Waals surface area contributed by atoms with Gasteiger partial charge in [-0.3, -0.25) is 0 Å². The van der Waals surface area contributed by atoms with Gasteiger partial charge in [-0.1, -0.05) is 74.5 Å². The van der Waals surface area contributed by atoms with Crippen LogP contribution < -0.4 is 0 Å². The smallest absolute Gasteiger partial charge is 0.227 e. The molecule has 0 radical (unpaired) electrons.